The summed E-state index contributed by atoms with van der Waals surface area (Å²) in [5.41, 5.74) is 5.31. The van der Waals surface area contributed by atoms with Crippen molar-refractivity contribution in [2.45, 2.75) is 19.4 Å². The van der Waals surface area contributed by atoms with Gasteiger partial charge in [-0.1, -0.05) is 0 Å². The highest BCUT2D eigenvalue weighted by Gasteiger charge is 2.08. The molecule has 0 aliphatic rings. The van der Waals surface area contributed by atoms with E-state index in [1.165, 1.54) is 6.07 Å². The molecular weight excluding hydrogens is 188 g/mol. The maximum Gasteiger partial charge on any atom is 0.167 e. The first-order chi connectivity index (χ1) is 6.63. The lowest BCUT2D eigenvalue weighted by molar-refractivity contribution is 0.204. The van der Waals surface area contributed by atoms with Crippen molar-refractivity contribution in [3.63, 3.8) is 0 Å². The maximum absolute atomic E-state index is 13.1. The van der Waals surface area contributed by atoms with Crippen LogP contribution in [0.5, 0.6) is 5.75 Å². The standard InChI is InChI=1S/C10H13F2NO/c1-7(4-5-13)14-10-3-2-8(11)6-9(10)12/h2-3,6-7H,4-5,13H2,1H3. The van der Waals surface area contributed by atoms with Crippen LogP contribution in [0.3, 0.4) is 0 Å². The number of rotatable bonds is 4. The van der Waals surface area contributed by atoms with Gasteiger partial charge >= 0.3 is 0 Å². The minimum absolute atomic E-state index is 0.0624. The number of hydrogen-bond acceptors (Lipinski definition) is 2. The van der Waals surface area contributed by atoms with Crippen LogP contribution < -0.4 is 10.5 Å². The van der Waals surface area contributed by atoms with Crippen molar-refractivity contribution in [2.24, 2.45) is 5.73 Å². The topological polar surface area (TPSA) is 35.2 Å². The Morgan fingerprint density at radius 2 is 2.14 bits per heavy atom. The van der Waals surface area contributed by atoms with Gasteiger partial charge in [-0.2, -0.15) is 0 Å². The molecule has 0 aromatic heterocycles. The van der Waals surface area contributed by atoms with Crippen LogP contribution in [0.4, 0.5) is 8.78 Å². The van der Waals surface area contributed by atoms with Gasteiger partial charge in [-0.05, 0) is 32.0 Å². The SMILES string of the molecule is CC(CCN)Oc1ccc(F)cc1F. The summed E-state index contributed by atoms with van der Waals surface area (Å²) in [4.78, 5) is 0. The van der Waals surface area contributed by atoms with E-state index >= 15 is 0 Å². The van der Waals surface area contributed by atoms with Crippen LogP contribution in [0.1, 0.15) is 13.3 Å². The highest BCUT2D eigenvalue weighted by molar-refractivity contribution is 5.24. The van der Waals surface area contributed by atoms with Gasteiger partial charge in [0.05, 0.1) is 6.10 Å². The Kier molecular flexibility index (Phi) is 3.83. The Hall–Kier alpha value is -1.16. The molecule has 2 nitrogen and oxygen atoms in total. The first kappa shape index (κ1) is 10.9. The summed E-state index contributed by atoms with van der Waals surface area (Å²) in [5.74, 6) is -1.23. The fourth-order valence-corrected chi connectivity index (χ4v) is 1.08. The fourth-order valence-electron chi connectivity index (χ4n) is 1.08. The number of halogens is 2. The van der Waals surface area contributed by atoms with Gasteiger partial charge in [-0.3, -0.25) is 0 Å². The van der Waals surface area contributed by atoms with E-state index in [1.807, 2.05) is 0 Å². The third kappa shape index (κ3) is 2.96. The van der Waals surface area contributed by atoms with E-state index in [0.29, 0.717) is 13.0 Å². The lowest BCUT2D eigenvalue weighted by Gasteiger charge is -2.13. The van der Waals surface area contributed by atoms with E-state index < -0.39 is 11.6 Å². The first-order valence-electron chi connectivity index (χ1n) is 4.45. The highest BCUT2D eigenvalue weighted by atomic mass is 19.1. The zero-order valence-corrected chi connectivity index (χ0v) is 7.97. The van der Waals surface area contributed by atoms with Crippen LogP contribution in [0.25, 0.3) is 0 Å². The second-order valence-electron chi connectivity index (χ2n) is 3.08. The maximum atomic E-state index is 13.1. The summed E-state index contributed by atoms with van der Waals surface area (Å²) in [5, 5.41) is 0. The fraction of sp³-hybridized carbons (Fsp3) is 0.400. The highest BCUT2D eigenvalue weighted by Crippen LogP contribution is 2.19. The number of benzene rings is 1. The van der Waals surface area contributed by atoms with Crippen LogP contribution in [0.2, 0.25) is 0 Å². The molecule has 2 N–H and O–H groups in total. The Morgan fingerprint density at radius 1 is 1.43 bits per heavy atom. The molecular formula is C10H13F2NO. The molecule has 1 unspecified atom stereocenters. The van der Waals surface area contributed by atoms with Gasteiger partial charge in [0.15, 0.2) is 11.6 Å². The molecule has 0 saturated carbocycles. The summed E-state index contributed by atoms with van der Waals surface area (Å²) < 4.78 is 30.8. The van der Waals surface area contributed by atoms with E-state index in [4.69, 9.17) is 10.5 Å². The Labute approximate surface area is 81.7 Å². The molecule has 0 saturated heterocycles. The minimum atomic E-state index is -0.686. The predicted molar refractivity (Wildman–Crippen MR) is 50.1 cm³/mol. The molecule has 4 heteroatoms. The van der Waals surface area contributed by atoms with Gasteiger partial charge in [0, 0.05) is 6.07 Å². The van der Waals surface area contributed by atoms with Gasteiger partial charge in [0.25, 0.3) is 0 Å². The average Bonchev–Trinajstić information content (AvgIpc) is 2.10. The minimum Gasteiger partial charge on any atom is -0.488 e. The third-order valence-electron chi connectivity index (χ3n) is 1.80. The lowest BCUT2D eigenvalue weighted by Crippen LogP contribution is -2.17. The molecule has 0 fully saturated rings. The van der Waals surface area contributed by atoms with Crippen molar-refractivity contribution >= 4 is 0 Å². The molecule has 0 heterocycles. The zero-order valence-electron chi connectivity index (χ0n) is 7.97. The van der Waals surface area contributed by atoms with Crippen LogP contribution in [0.15, 0.2) is 18.2 Å². The molecule has 1 aromatic carbocycles. The number of nitrogens with two attached hydrogens (primary N) is 1. The van der Waals surface area contributed by atoms with Crippen molar-refractivity contribution in [3.8, 4) is 5.75 Å². The molecule has 0 amide bonds. The van der Waals surface area contributed by atoms with Gasteiger partial charge in [0.1, 0.15) is 5.82 Å². The van der Waals surface area contributed by atoms with E-state index in [9.17, 15) is 8.78 Å². The second kappa shape index (κ2) is 4.91. The van der Waals surface area contributed by atoms with E-state index in [1.54, 1.807) is 6.92 Å². The average molecular weight is 201 g/mol. The normalized spacial score (nSPS) is 12.6. The quantitative estimate of drug-likeness (QED) is 0.809. The van der Waals surface area contributed by atoms with Crippen molar-refractivity contribution in [2.75, 3.05) is 6.54 Å². The van der Waals surface area contributed by atoms with Crippen LogP contribution >= 0.6 is 0 Å². The smallest absolute Gasteiger partial charge is 0.167 e. The number of ether oxygens (including phenoxy) is 1. The number of hydrogen-bond donors (Lipinski definition) is 1. The van der Waals surface area contributed by atoms with Gasteiger partial charge < -0.3 is 10.5 Å². The molecule has 0 aliphatic heterocycles. The Balaban J connectivity index is 2.67. The van der Waals surface area contributed by atoms with Gasteiger partial charge in [-0.25, -0.2) is 8.78 Å². The van der Waals surface area contributed by atoms with Crippen molar-refractivity contribution in [1.82, 2.24) is 0 Å². The lowest BCUT2D eigenvalue weighted by atomic mass is 10.2. The van der Waals surface area contributed by atoms with Crippen molar-refractivity contribution in [3.05, 3.63) is 29.8 Å². The van der Waals surface area contributed by atoms with Gasteiger partial charge in [0.2, 0.25) is 0 Å². The Morgan fingerprint density at radius 3 is 2.71 bits per heavy atom. The molecule has 0 bridgehead atoms. The van der Waals surface area contributed by atoms with E-state index in [-0.39, 0.29) is 11.9 Å². The summed E-state index contributed by atoms with van der Waals surface area (Å²) in [6.45, 7) is 2.26. The summed E-state index contributed by atoms with van der Waals surface area (Å²) in [7, 11) is 0. The second-order valence-corrected chi connectivity index (χ2v) is 3.08. The molecule has 1 atom stereocenters. The first-order valence-corrected chi connectivity index (χ1v) is 4.45. The van der Waals surface area contributed by atoms with Crippen LogP contribution in [-0.4, -0.2) is 12.6 Å². The molecule has 14 heavy (non-hydrogen) atoms. The van der Waals surface area contributed by atoms with Crippen molar-refractivity contribution < 1.29 is 13.5 Å². The third-order valence-corrected chi connectivity index (χ3v) is 1.80. The largest absolute Gasteiger partial charge is 0.488 e. The molecule has 0 radical (unpaired) electrons. The molecule has 1 rings (SSSR count). The van der Waals surface area contributed by atoms with E-state index in [2.05, 4.69) is 0 Å². The molecule has 0 spiro atoms. The molecule has 1 aromatic rings. The predicted octanol–water partition coefficient (Wildman–Crippen LogP) is 2.08. The summed E-state index contributed by atoms with van der Waals surface area (Å²) in [6, 6.07) is 3.23. The monoisotopic (exact) mass is 201 g/mol. The Bertz CT molecular complexity index is 304. The summed E-state index contributed by atoms with van der Waals surface area (Å²) >= 11 is 0. The van der Waals surface area contributed by atoms with Gasteiger partial charge in [-0.15, -0.1) is 0 Å². The molecule has 0 aliphatic carbocycles. The van der Waals surface area contributed by atoms with Crippen LogP contribution in [0, 0.1) is 11.6 Å². The van der Waals surface area contributed by atoms with Crippen LogP contribution in [-0.2, 0) is 0 Å². The summed E-state index contributed by atoms with van der Waals surface area (Å²) in [6.07, 6.45) is 0.469. The molecule has 78 valence electrons. The van der Waals surface area contributed by atoms with E-state index in [0.717, 1.165) is 12.1 Å². The van der Waals surface area contributed by atoms with Crippen molar-refractivity contribution in [1.29, 1.82) is 0 Å². The zero-order chi connectivity index (χ0) is 10.6.